The highest BCUT2D eigenvalue weighted by molar-refractivity contribution is 5.48. The molecule has 0 spiro atoms. The van der Waals surface area contributed by atoms with Crippen LogP contribution >= 0.6 is 0 Å². The van der Waals surface area contributed by atoms with Crippen LogP contribution in [-0.4, -0.2) is 19.5 Å². The molecule has 1 atom stereocenters. The first-order valence-electron chi connectivity index (χ1n) is 11.4. The van der Waals surface area contributed by atoms with Crippen molar-refractivity contribution in [2.24, 2.45) is 0 Å². The van der Waals surface area contributed by atoms with Crippen molar-refractivity contribution in [2.45, 2.75) is 85.9 Å². The lowest BCUT2D eigenvalue weighted by Crippen LogP contribution is -2.20. The SMILES string of the molecule is CCc1ccc(OC(C)OCCOc2c(C(C)C)cc(C(C)C)cc2C(C)C)cc1. The summed E-state index contributed by atoms with van der Waals surface area (Å²) in [6, 6.07) is 12.8. The standard InChI is InChI=1S/C27H40O3/c1-9-22-10-12-24(13-11-22)30-21(8)28-14-15-29-27-25(19(4)5)16-23(18(2)3)17-26(27)20(6)7/h10-13,16-21H,9,14-15H2,1-8H3. The van der Waals surface area contributed by atoms with Crippen molar-refractivity contribution in [1.82, 2.24) is 0 Å². The molecule has 0 fully saturated rings. The predicted octanol–water partition coefficient (Wildman–Crippen LogP) is 7.44. The summed E-state index contributed by atoms with van der Waals surface area (Å²) < 4.78 is 18.0. The van der Waals surface area contributed by atoms with Crippen LogP contribution in [0.5, 0.6) is 11.5 Å². The Bertz CT molecular complexity index is 746. The molecule has 2 aromatic carbocycles. The first kappa shape index (κ1) is 24.3. The molecule has 0 saturated heterocycles. The highest BCUT2D eigenvalue weighted by Crippen LogP contribution is 2.37. The molecule has 0 saturated carbocycles. The van der Waals surface area contributed by atoms with Crippen molar-refractivity contribution in [3.05, 3.63) is 58.7 Å². The minimum absolute atomic E-state index is 0.321. The Kier molecular flexibility index (Phi) is 9.23. The second kappa shape index (κ2) is 11.4. The molecular formula is C27H40O3. The molecule has 0 aliphatic heterocycles. The van der Waals surface area contributed by atoms with E-state index in [9.17, 15) is 0 Å². The van der Waals surface area contributed by atoms with Gasteiger partial charge < -0.3 is 14.2 Å². The van der Waals surface area contributed by atoms with Gasteiger partial charge in [0.05, 0.1) is 6.61 Å². The maximum Gasteiger partial charge on any atom is 0.197 e. The molecule has 30 heavy (non-hydrogen) atoms. The van der Waals surface area contributed by atoms with E-state index < -0.39 is 0 Å². The summed E-state index contributed by atoms with van der Waals surface area (Å²) >= 11 is 0. The van der Waals surface area contributed by atoms with Crippen LogP contribution in [0.4, 0.5) is 0 Å². The van der Waals surface area contributed by atoms with Crippen LogP contribution in [-0.2, 0) is 11.2 Å². The highest BCUT2D eigenvalue weighted by Gasteiger charge is 2.18. The van der Waals surface area contributed by atoms with Crippen molar-refractivity contribution in [2.75, 3.05) is 13.2 Å². The van der Waals surface area contributed by atoms with E-state index in [1.54, 1.807) is 0 Å². The normalized spacial score (nSPS) is 12.6. The van der Waals surface area contributed by atoms with Gasteiger partial charge in [0, 0.05) is 0 Å². The monoisotopic (exact) mass is 412 g/mol. The van der Waals surface area contributed by atoms with E-state index in [0.717, 1.165) is 17.9 Å². The van der Waals surface area contributed by atoms with Crippen LogP contribution in [0.15, 0.2) is 36.4 Å². The van der Waals surface area contributed by atoms with Gasteiger partial charge in [-0.1, -0.05) is 72.7 Å². The van der Waals surface area contributed by atoms with Gasteiger partial charge in [-0.25, -0.2) is 0 Å². The fraction of sp³-hybridized carbons (Fsp3) is 0.556. The van der Waals surface area contributed by atoms with Crippen LogP contribution < -0.4 is 9.47 Å². The van der Waals surface area contributed by atoms with Crippen molar-refractivity contribution in [1.29, 1.82) is 0 Å². The lowest BCUT2D eigenvalue weighted by Gasteiger charge is -2.23. The second-order valence-electron chi connectivity index (χ2n) is 8.89. The number of rotatable bonds is 11. The van der Waals surface area contributed by atoms with E-state index in [2.05, 4.69) is 72.7 Å². The first-order valence-corrected chi connectivity index (χ1v) is 11.4. The minimum atomic E-state index is -0.321. The Morgan fingerprint density at radius 2 is 1.30 bits per heavy atom. The van der Waals surface area contributed by atoms with Gasteiger partial charge in [-0.2, -0.15) is 0 Å². The van der Waals surface area contributed by atoms with Gasteiger partial charge in [0.25, 0.3) is 0 Å². The molecule has 1 unspecified atom stereocenters. The van der Waals surface area contributed by atoms with Crippen LogP contribution in [0.2, 0.25) is 0 Å². The van der Waals surface area contributed by atoms with Gasteiger partial charge in [0.2, 0.25) is 0 Å². The fourth-order valence-corrected chi connectivity index (χ4v) is 3.44. The van der Waals surface area contributed by atoms with E-state index in [4.69, 9.17) is 14.2 Å². The Morgan fingerprint density at radius 1 is 0.733 bits per heavy atom. The molecule has 0 N–H and O–H groups in total. The van der Waals surface area contributed by atoms with E-state index >= 15 is 0 Å². The molecule has 0 aromatic heterocycles. The average molecular weight is 413 g/mol. The van der Waals surface area contributed by atoms with E-state index in [1.807, 2.05) is 19.1 Å². The molecular weight excluding hydrogens is 372 g/mol. The molecule has 3 nitrogen and oxygen atoms in total. The maximum atomic E-state index is 6.28. The van der Waals surface area contributed by atoms with Crippen LogP contribution in [0.1, 0.15) is 95.4 Å². The highest BCUT2D eigenvalue weighted by atomic mass is 16.7. The molecule has 166 valence electrons. The number of benzene rings is 2. The van der Waals surface area contributed by atoms with Crippen molar-refractivity contribution in [3.63, 3.8) is 0 Å². The Hall–Kier alpha value is -2.00. The number of aryl methyl sites for hydroxylation is 1. The number of hydrogen-bond donors (Lipinski definition) is 0. The zero-order chi connectivity index (χ0) is 22.3. The lowest BCUT2D eigenvalue weighted by atomic mass is 9.88. The summed E-state index contributed by atoms with van der Waals surface area (Å²) in [6.45, 7) is 18.5. The van der Waals surface area contributed by atoms with Crippen molar-refractivity contribution >= 4 is 0 Å². The molecule has 0 amide bonds. The molecule has 2 aromatic rings. The number of ether oxygens (including phenoxy) is 3. The molecule has 0 radical (unpaired) electrons. The van der Waals surface area contributed by atoms with Gasteiger partial charge in [0.1, 0.15) is 18.1 Å². The van der Waals surface area contributed by atoms with Gasteiger partial charge >= 0.3 is 0 Å². The van der Waals surface area contributed by atoms with Gasteiger partial charge in [-0.15, -0.1) is 0 Å². The van der Waals surface area contributed by atoms with E-state index in [-0.39, 0.29) is 6.29 Å². The smallest absolute Gasteiger partial charge is 0.197 e. The summed E-state index contributed by atoms with van der Waals surface area (Å²) in [4.78, 5) is 0. The van der Waals surface area contributed by atoms with Gasteiger partial charge in [-0.05, 0) is 65.5 Å². The fourth-order valence-electron chi connectivity index (χ4n) is 3.44. The molecule has 3 heteroatoms. The minimum Gasteiger partial charge on any atom is -0.491 e. The summed E-state index contributed by atoms with van der Waals surface area (Å²) in [7, 11) is 0. The van der Waals surface area contributed by atoms with E-state index in [0.29, 0.717) is 31.0 Å². The zero-order valence-corrected chi connectivity index (χ0v) is 20.1. The molecule has 0 aliphatic carbocycles. The van der Waals surface area contributed by atoms with Crippen molar-refractivity contribution in [3.8, 4) is 11.5 Å². The third kappa shape index (κ3) is 6.77. The Balaban J connectivity index is 1.98. The number of hydrogen-bond acceptors (Lipinski definition) is 3. The molecule has 0 bridgehead atoms. The molecule has 2 rings (SSSR count). The predicted molar refractivity (Wildman–Crippen MR) is 126 cm³/mol. The largest absolute Gasteiger partial charge is 0.491 e. The first-order chi connectivity index (χ1) is 14.2. The summed E-state index contributed by atoms with van der Waals surface area (Å²) in [6.07, 6.45) is 0.706. The second-order valence-corrected chi connectivity index (χ2v) is 8.89. The third-order valence-corrected chi connectivity index (χ3v) is 5.40. The third-order valence-electron chi connectivity index (χ3n) is 5.40. The maximum absolute atomic E-state index is 6.28. The summed E-state index contributed by atoms with van der Waals surface area (Å²) in [5.74, 6) is 3.17. The van der Waals surface area contributed by atoms with Crippen LogP contribution in [0.3, 0.4) is 0 Å². The Morgan fingerprint density at radius 3 is 1.77 bits per heavy atom. The van der Waals surface area contributed by atoms with Crippen molar-refractivity contribution < 1.29 is 14.2 Å². The van der Waals surface area contributed by atoms with Gasteiger partial charge in [0.15, 0.2) is 6.29 Å². The average Bonchev–Trinajstić information content (AvgIpc) is 2.71. The lowest BCUT2D eigenvalue weighted by molar-refractivity contribution is -0.0740. The Labute approximate surface area is 183 Å². The quantitative estimate of drug-likeness (QED) is 0.283. The van der Waals surface area contributed by atoms with Crippen LogP contribution in [0.25, 0.3) is 0 Å². The topological polar surface area (TPSA) is 27.7 Å². The van der Waals surface area contributed by atoms with Gasteiger partial charge in [-0.3, -0.25) is 0 Å². The zero-order valence-electron chi connectivity index (χ0n) is 20.1. The molecule has 0 heterocycles. The summed E-state index contributed by atoms with van der Waals surface area (Å²) in [5.41, 5.74) is 5.24. The summed E-state index contributed by atoms with van der Waals surface area (Å²) in [5, 5.41) is 0. The van der Waals surface area contributed by atoms with Crippen LogP contribution in [0, 0.1) is 0 Å². The van der Waals surface area contributed by atoms with E-state index in [1.165, 1.54) is 22.3 Å². The molecule has 0 aliphatic rings.